The molecule has 2 unspecified atom stereocenters. The number of allylic oxidation sites excluding steroid dienone is 10. The summed E-state index contributed by atoms with van der Waals surface area (Å²) in [4.78, 5) is 0. The Hall–Kier alpha value is -1.28. The minimum atomic E-state index is 0. The van der Waals surface area contributed by atoms with Crippen molar-refractivity contribution in [3.8, 4) is 0 Å². The summed E-state index contributed by atoms with van der Waals surface area (Å²) in [6, 6.07) is 26.5. The van der Waals surface area contributed by atoms with Gasteiger partial charge in [0.2, 0.25) is 0 Å². The first-order valence-corrected chi connectivity index (χ1v) is 23.4. The molecule has 0 nitrogen and oxygen atoms in total. The van der Waals surface area contributed by atoms with Gasteiger partial charge in [-0.25, -0.2) is 18.1 Å². The quantitative estimate of drug-likeness (QED) is 0.181. The van der Waals surface area contributed by atoms with E-state index in [4.69, 9.17) is 46.4 Å². The van der Waals surface area contributed by atoms with E-state index in [1.165, 1.54) is 48.2 Å². The molecule has 0 spiro atoms. The fraction of sp³-hybridized carbons (Fsp3) is 0.412. The van der Waals surface area contributed by atoms with Crippen LogP contribution in [-0.4, -0.2) is 4.21 Å². The molecule has 0 amide bonds. The Morgan fingerprint density at radius 2 is 1.28 bits per heavy atom. The zero-order chi connectivity index (χ0) is 41.3. The zero-order valence-electron chi connectivity index (χ0n) is 35.4. The summed E-state index contributed by atoms with van der Waals surface area (Å²) in [6.07, 6.45) is 18.5. The number of rotatable bonds is 4. The average Bonchev–Trinajstić information content (AvgIpc) is 3.94. The predicted molar refractivity (Wildman–Crippen MR) is 256 cm³/mol. The van der Waals surface area contributed by atoms with Crippen molar-refractivity contribution < 1.29 is 24.2 Å². The second-order valence-corrected chi connectivity index (χ2v) is 17.9. The van der Waals surface area contributed by atoms with E-state index in [1.54, 1.807) is 28.2 Å². The molecule has 0 aliphatic heterocycles. The zero-order valence-corrected chi connectivity index (χ0v) is 42.5. The van der Waals surface area contributed by atoms with E-state index in [0.717, 1.165) is 35.1 Å². The molecule has 0 bridgehead atoms. The Morgan fingerprint density at radius 1 is 0.759 bits per heavy atom. The van der Waals surface area contributed by atoms with Crippen LogP contribution in [0.5, 0.6) is 0 Å². The van der Waals surface area contributed by atoms with Crippen molar-refractivity contribution in [2.24, 2.45) is 27.6 Å². The molecule has 0 aromatic heterocycles. The summed E-state index contributed by atoms with van der Waals surface area (Å²) in [5, 5.41) is 0. The average molecular weight is 977 g/mol. The number of benzene rings is 3. The second-order valence-electron chi connectivity index (χ2n) is 16.8. The van der Waals surface area contributed by atoms with Gasteiger partial charge in [0, 0.05) is 23.5 Å². The SMILES string of the molecule is C[C-]1C2=C3Cc4ccccc4C3=C3C=CCCC3C2(C)C(C)(C)C(C)(C)C1(C)C.Cl.Cl.ClCc1c[c-]cc(CCl)c1.ClCc1c[c-]cc(CCl)c1.[C-]1=CC=CC1.[CH2]=[Zr]. The third-order valence-electron chi connectivity index (χ3n) is 13.8. The standard InChI is InChI=1S/C29H37.2C8H7Cl2.C5H5.CH2.2ClH.Zr/c1-18-25-22-17-19-13-9-10-14-20(19)24(22)21-15-11-12-16-23(21)29(25,8)28(6,7)27(4,5)26(18,2)3;2*9-5-7-2-1-3-8(4-7)6-10;1-2-4-5-3-1;;;;/h9-11,13-15,23H,12,16-17H2,1-8H3;2*2-4H,5-6H2;1-3H,4H2;1H2;2*1H;/q4*-1;;;;. The number of fused-ring (bicyclic) bond motifs is 6. The molecular weight excluding hydrogens is 917 g/mol. The molecule has 0 heterocycles. The molecule has 0 saturated heterocycles. The summed E-state index contributed by atoms with van der Waals surface area (Å²) in [6.45, 7) is 20.3. The molecule has 2 atom stereocenters. The van der Waals surface area contributed by atoms with Crippen LogP contribution in [0.4, 0.5) is 0 Å². The summed E-state index contributed by atoms with van der Waals surface area (Å²) in [5.74, 6) is 4.36. The Kier molecular flexibility index (Phi) is 21.2. The third kappa shape index (κ3) is 10.5. The topological polar surface area (TPSA) is 0 Å². The fourth-order valence-electron chi connectivity index (χ4n) is 9.37. The van der Waals surface area contributed by atoms with E-state index >= 15 is 0 Å². The van der Waals surface area contributed by atoms with Crippen LogP contribution in [0.3, 0.4) is 0 Å². The number of alkyl halides is 4. The van der Waals surface area contributed by atoms with Crippen LogP contribution in [0.2, 0.25) is 0 Å². The van der Waals surface area contributed by atoms with Gasteiger partial charge < -0.3 is 0 Å². The molecule has 1 fully saturated rings. The predicted octanol–water partition coefficient (Wildman–Crippen LogP) is 16.0. The van der Waals surface area contributed by atoms with Gasteiger partial charge in [0.15, 0.2) is 0 Å². The number of hydrogen-bond donors (Lipinski definition) is 0. The van der Waals surface area contributed by atoms with E-state index in [-0.39, 0.29) is 46.5 Å². The van der Waals surface area contributed by atoms with Crippen LogP contribution in [0, 0.1) is 51.7 Å². The molecule has 314 valence electrons. The van der Waals surface area contributed by atoms with Gasteiger partial charge in [-0.15, -0.1) is 107 Å². The summed E-state index contributed by atoms with van der Waals surface area (Å²) < 4.78 is 3.34. The maximum absolute atomic E-state index is 5.59. The molecule has 5 aliphatic rings. The van der Waals surface area contributed by atoms with Crippen LogP contribution in [-0.2, 0) is 54.2 Å². The Balaban J connectivity index is 0.000000328. The van der Waals surface area contributed by atoms with Crippen molar-refractivity contribution in [1.82, 2.24) is 0 Å². The fourth-order valence-corrected chi connectivity index (χ4v) is 9.99. The van der Waals surface area contributed by atoms with Crippen LogP contribution in [0.1, 0.15) is 108 Å². The molecule has 3 aromatic rings. The number of halogens is 6. The molecule has 8 rings (SSSR count). The van der Waals surface area contributed by atoms with Gasteiger partial charge >= 0.3 is 28.4 Å². The first-order chi connectivity index (χ1) is 26.7. The molecule has 7 heteroatoms. The molecule has 5 aliphatic carbocycles. The molecule has 0 N–H and O–H groups in total. The summed E-state index contributed by atoms with van der Waals surface area (Å²) in [5.41, 5.74) is 14.6. The van der Waals surface area contributed by atoms with Crippen LogP contribution in [0.25, 0.3) is 5.57 Å². The normalized spacial score (nSPS) is 21.6. The van der Waals surface area contributed by atoms with Gasteiger partial charge in [-0.05, 0) is 40.6 Å². The van der Waals surface area contributed by atoms with Gasteiger partial charge in [-0.1, -0.05) is 113 Å². The molecule has 58 heavy (non-hydrogen) atoms. The second kappa shape index (κ2) is 23.2. The summed E-state index contributed by atoms with van der Waals surface area (Å²) in [7, 11) is 0. The van der Waals surface area contributed by atoms with E-state index < -0.39 is 0 Å². The van der Waals surface area contributed by atoms with Gasteiger partial charge in [0.05, 0.1) is 0 Å². The first kappa shape index (κ1) is 52.9. The molecular formula is C51H60Cl6Zr-4. The number of hydrogen-bond acceptors (Lipinski definition) is 0. The van der Waals surface area contributed by atoms with Crippen molar-refractivity contribution in [3.63, 3.8) is 0 Å². The molecule has 1 saturated carbocycles. The summed E-state index contributed by atoms with van der Waals surface area (Å²) >= 11 is 23.7. The van der Waals surface area contributed by atoms with Crippen molar-refractivity contribution in [3.05, 3.63) is 165 Å². The van der Waals surface area contributed by atoms with Gasteiger partial charge in [0.25, 0.3) is 0 Å². The van der Waals surface area contributed by atoms with Crippen molar-refractivity contribution in [2.75, 3.05) is 0 Å². The molecule has 3 aromatic carbocycles. The van der Waals surface area contributed by atoms with Crippen LogP contribution >= 0.6 is 71.2 Å². The van der Waals surface area contributed by atoms with Crippen LogP contribution < -0.4 is 0 Å². The van der Waals surface area contributed by atoms with Crippen LogP contribution in [0.15, 0.2) is 108 Å². The third-order valence-corrected chi connectivity index (χ3v) is 15.0. The van der Waals surface area contributed by atoms with E-state index in [0.29, 0.717) is 29.4 Å². The first-order valence-electron chi connectivity index (χ1n) is 19.6. The van der Waals surface area contributed by atoms with E-state index in [1.807, 2.05) is 48.6 Å². The minimum absolute atomic E-state index is 0. The van der Waals surface area contributed by atoms with E-state index in [2.05, 4.69) is 120 Å². The van der Waals surface area contributed by atoms with Crippen molar-refractivity contribution in [2.45, 2.75) is 105 Å². The Morgan fingerprint density at radius 3 is 1.72 bits per heavy atom. The Labute approximate surface area is 399 Å². The monoisotopic (exact) mass is 972 g/mol. The van der Waals surface area contributed by atoms with Gasteiger partial charge in [-0.3, -0.25) is 6.08 Å². The van der Waals surface area contributed by atoms with E-state index in [9.17, 15) is 0 Å². The van der Waals surface area contributed by atoms with Gasteiger partial charge in [-0.2, -0.15) is 65.8 Å². The van der Waals surface area contributed by atoms with Crippen molar-refractivity contribution >= 4 is 81.0 Å². The van der Waals surface area contributed by atoms with Gasteiger partial charge in [0.1, 0.15) is 0 Å². The molecule has 0 radical (unpaired) electrons. The van der Waals surface area contributed by atoms with Crippen molar-refractivity contribution in [1.29, 1.82) is 0 Å². The maximum atomic E-state index is 5.59. The Bertz CT molecular complexity index is 1870.